The monoisotopic (exact) mass is 323 g/mol. The van der Waals surface area contributed by atoms with Gasteiger partial charge in [0.15, 0.2) is 6.29 Å². The van der Waals surface area contributed by atoms with Crippen LogP contribution in [0.3, 0.4) is 0 Å². The number of carbonyl (C=O) groups is 2. The number of aromatic nitrogens is 1. The molecule has 5 nitrogen and oxygen atoms in total. The average molecular weight is 324 g/mol. The smallest absolute Gasteiger partial charge is 0.254 e. The Labute approximate surface area is 136 Å². The molecule has 0 aliphatic heterocycles. The highest BCUT2D eigenvalue weighted by atomic mass is 35.5. The Kier molecular flexibility index (Phi) is 5.40. The van der Waals surface area contributed by atoms with Gasteiger partial charge in [0.1, 0.15) is 11.0 Å². The molecule has 1 aromatic heterocycles. The molecule has 1 amide bonds. The molecule has 0 radical (unpaired) electrons. The van der Waals surface area contributed by atoms with Crippen LogP contribution in [-0.4, -0.2) is 49.8 Å². The number of hydrogen-bond acceptors (Lipinski definition) is 4. The summed E-state index contributed by atoms with van der Waals surface area (Å²) in [6, 6.07) is 1.66. The van der Waals surface area contributed by atoms with E-state index in [1.165, 1.54) is 30.6 Å². The van der Waals surface area contributed by atoms with Gasteiger partial charge in [-0.25, -0.2) is 4.98 Å². The van der Waals surface area contributed by atoms with Crippen LogP contribution in [0.15, 0.2) is 6.07 Å². The van der Waals surface area contributed by atoms with Crippen molar-refractivity contribution in [2.75, 3.05) is 32.6 Å². The van der Waals surface area contributed by atoms with E-state index in [9.17, 15) is 9.59 Å². The fourth-order valence-electron chi connectivity index (χ4n) is 2.91. The number of aldehydes is 1. The summed E-state index contributed by atoms with van der Waals surface area (Å²) in [5.41, 5.74) is 0.451. The Morgan fingerprint density at radius 1 is 1.36 bits per heavy atom. The van der Waals surface area contributed by atoms with Crippen molar-refractivity contribution in [3.8, 4) is 0 Å². The van der Waals surface area contributed by atoms with Crippen LogP contribution in [0.4, 0.5) is 5.82 Å². The van der Waals surface area contributed by atoms with Crippen LogP contribution in [0.5, 0.6) is 0 Å². The van der Waals surface area contributed by atoms with Gasteiger partial charge in [-0.1, -0.05) is 24.4 Å². The molecule has 1 aromatic rings. The van der Waals surface area contributed by atoms with E-state index in [1.54, 1.807) is 20.2 Å². The third kappa shape index (κ3) is 3.58. The molecule has 0 saturated heterocycles. The fraction of sp³-hybridized carbons (Fsp3) is 0.562. The third-order valence-electron chi connectivity index (χ3n) is 4.15. The predicted octanol–water partition coefficient (Wildman–Crippen LogP) is 2.88. The lowest BCUT2D eigenvalue weighted by molar-refractivity contribution is 0.0824. The second-order valence-corrected chi connectivity index (χ2v) is 6.44. The molecule has 22 heavy (non-hydrogen) atoms. The summed E-state index contributed by atoms with van der Waals surface area (Å²) in [6.07, 6.45) is 5.61. The van der Waals surface area contributed by atoms with Gasteiger partial charge >= 0.3 is 0 Å². The summed E-state index contributed by atoms with van der Waals surface area (Å²) < 4.78 is 0. The summed E-state index contributed by atoms with van der Waals surface area (Å²) in [5, 5.41) is 0.0796. The SMILES string of the molecule is CN(C)C(=O)c1cc(N(C)CC2CCCC2)nc(Cl)c1C=O. The quantitative estimate of drug-likeness (QED) is 0.617. The van der Waals surface area contributed by atoms with E-state index in [2.05, 4.69) is 4.98 Å². The number of halogens is 1. The van der Waals surface area contributed by atoms with Crippen LogP contribution in [0.2, 0.25) is 5.15 Å². The minimum atomic E-state index is -0.248. The minimum absolute atomic E-state index is 0.0796. The maximum absolute atomic E-state index is 12.3. The molecule has 2 rings (SSSR count). The van der Waals surface area contributed by atoms with Crippen molar-refractivity contribution in [1.29, 1.82) is 0 Å². The van der Waals surface area contributed by atoms with Crippen molar-refractivity contribution in [3.63, 3.8) is 0 Å². The Bertz CT molecular complexity index is 569. The van der Waals surface area contributed by atoms with Gasteiger partial charge in [-0.15, -0.1) is 0 Å². The molecule has 0 unspecified atom stereocenters. The second kappa shape index (κ2) is 7.09. The molecule has 1 fully saturated rings. The summed E-state index contributed by atoms with van der Waals surface area (Å²) in [6.45, 7) is 0.888. The van der Waals surface area contributed by atoms with Gasteiger partial charge in [0.25, 0.3) is 5.91 Å². The maximum Gasteiger partial charge on any atom is 0.254 e. The number of amides is 1. The maximum atomic E-state index is 12.3. The van der Waals surface area contributed by atoms with Gasteiger partial charge < -0.3 is 9.80 Å². The highest BCUT2D eigenvalue weighted by Gasteiger charge is 2.22. The van der Waals surface area contributed by atoms with Gasteiger partial charge in [0.05, 0.1) is 11.1 Å². The molecule has 6 heteroatoms. The molecule has 1 heterocycles. The Morgan fingerprint density at radius 3 is 2.55 bits per heavy atom. The third-order valence-corrected chi connectivity index (χ3v) is 4.44. The van der Waals surface area contributed by atoms with E-state index in [4.69, 9.17) is 11.6 Å². The zero-order chi connectivity index (χ0) is 16.3. The van der Waals surface area contributed by atoms with Crippen LogP contribution < -0.4 is 4.90 Å². The van der Waals surface area contributed by atoms with Gasteiger partial charge in [-0.3, -0.25) is 9.59 Å². The number of hydrogen-bond donors (Lipinski definition) is 0. The van der Waals surface area contributed by atoms with E-state index in [1.807, 2.05) is 11.9 Å². The van der Waals surface area contributed by atoms with Crippen molar-refractivity contribution in [3.05, 3.63) is 22.3 Å². The van der Waals surface area contributed by atoms with E-state index >= 15 is 0 Å². The first kappa shape index (κ1) is 16.7. The molecular formula is C16H22ClN3O2. The Morgan fingerprint density at radius 2 is 2.00 bits per heavy atom. The van der Waals surface area contributed by atoms with E-state index in [0.717, 1.165) is 6.54 Å². The molecule has 1 saturated carbocycles. The Balaban J connectivity index is 2.31. The lowest BCUT2D eigenvalue weighted by Gasteiger charge is -2.23. The van der Waals surface area contributed by atoms with Crippen molar-refractivity contribution >= 4 is 29.6 Å². The first-order valence-electron chi connectivity index (χ1n) is 7.52. The van der Waals surface area contributed by atoms with Crippen LogP contribution >= 0.6 is 11.6 Å². The standard InChI is InChI=1S/C16H22ClN3O2/c1-19(2)16(22)12-8-14(18-15(17)13(12)10-21)20(3)9-11-6-4-5-7-11/h8,10-11H,4-7,9H2,1-3H3. The second-order valence-electron chi connectivity index (χ2n) is 6.08. The van der Waals surface area contributed by atoms with Gasteiger partial charge in [-0.05, 0) is 24.8 Å². The highest BCUT2D eigenvalue weighted by Crippen LogP contribution is 2.28. The lowest BCUT2D eigenvalue weighted by Crippen LogP contribution is -2.27. The van der Waals surface area contributed by atoms with E-state index < -0.39 is 0 Å². The normalized spacial score (nSPS) is 14.9. The number of rotatable bonds is 5. The zero-order valence-electron chi connectivity index (χ0n) is 13.3. The molecule has 1 aliphatic rings. The summed E-state index contributed by atoms with van der Waals surface area (Å²) in [7, 11) is 5.24. The number of carbonyl (C=O) groups excluding carboxylic acids is 2. The lowest BCUT2D eigenvalue weighted by atomic mass is 10.1. The van der Waals surface area contributed by atoms with E-state index in [-0.39, 0.29) is 16.6 Å². The van der Waals surface area contributed by atoms with E-state index in [0.29, 0.717) is 23.6 Å². The molecule has 0 spiro atoms. The largest absolute Gasteiger partial charge is 0.359 e. The first-order chi connectivity index (χ1) is 10.4. The van der Waals surface area contributed by atoms with Crippen molar-refractivity contribution in [1.82, 2.24) is 9.88 Å². The van der Waals surface area contributed by atoms with Crippen molar-refractivity contribution in [2.24, 2.45) is 5.92 Å². The van der Waals surface area contributed by atoms with Gasteiger partial charge in [0, 0.05) is 27.7 Å². The summed E-state index contributed by atoms with van der Waals surface area (Å²) in [5.74, 6) is 1.04. The van der Waals surface area contributed by atoms with Gasteiger partial charge in [-0.2, -0.15) is 0 Å². The molecule has 0 bridgehead atoms. The number of pyridine rings is 1. The van der Waals surface area contributed by atoms with Crippen molar-refractivity contribution in [2.45, 2.75) is 25.7 Å². The van der Waals surface area contributed by atoms with Crippen molar-refractivity contribution < 1.29 is 9.59 Å². The van der Waals surface area contributed by atoms with Crippen LogP contribution in [-0.2, 0) is 0 Å². The van der Waals surface area contributed by atoms with Crippen LogP contribution in [0.1, 0.15) is 46.4 Å². The molecule has 0 aromatic carbocycles. The predicted molar refractivity (Wildman–Crippen MR) is 87.9 cm³/mol. The molecule has 120 valence electrons. The minimum Gasteiger partial charge on any atom is -0.359 e. The number of anilines is 1. The molecule has 0 atom stereocenters. The molecular weight excluding hydrogens is 302 g/mol. The number of nitrogens with zero attached hydrogens (tertiary/aromatic N) is 3. The van der Waals surface area contributed by atoms with Crippen LogP contribution in [0, 0.1) is 5.92 Å². The summed E-state index contributed by atoms with van der Waals surface area (Å²) in [4.78, 5) is 31.2. The highest BCUT2D eigenvalue weighted by molar-refractivity contribution is 6.32. The van der Waals surface area contributed by atoms with Gasteiger partial charge in [0.2, 0.25) is 0 Å². The molecule has 0 N–H and O–H groups in total. The topological polar surface area (TPSA) is 53.5 Å². The Hall–Kier alpha value is -1.62. The average Bonchev–Trinajstić information content (AvgIpc) is 2.98. The zero-order valence-corrected chi connectivity index (χ0v) is 14.1. The first-order valence-corrected chi connectivity index (χ1v) is 7.90. The molecule has 1 aliphatic carbocycles. The van der Waals surface area contributed by atoms with Crippen LogP contribution in [0.25, 0.3) is 0 Å². The fourth-order valence-corrected chi connectivity index (χ4v) is 3.14. The summed E-state index contributed by atoms with van der Waals surface area (Å²) >= 11 is 6.10.